The molecule has 2 heterocycles. The predicted octanol–water partition coefficient (Wildman–Crippen LogP) is 3.51. The molecule has 1 atom stereocenters. The van der Waals surface area contributed by atoms with Crippen LogP contribution in [0.5, 0.6) is 0 Å². The molecule has 1 aromatic carbocycles. The summed E-state index contributed by atoms with van der Waals surface area (Å²) in [5.74, 6) is -0.590. The number of para-hydroxylation sites is 1. The van der Waals surface area contributed by atoms with E-state index in [0.29, 0.717) is 11.3 Å². The molecule has 7 nitrogen and oxygen atoms in total. The second kappa shape index (κ2) is 7.83. The first kappa shape index (κ1) is 20.2. The Bertz CT molecular complexity index is 1020. The number of methoxy groups -OCH3 is 1. The zero-order valence-corrected chi connectivity index (χ0v) is 16.9. The van der Waals surface area contributed by atoms with Crippen molar-refractivity contribution in [1.82, 2.24) is 9.55 Å². The van der Waals surface area contributed by atoms with Crippen molar-refractivity contribution in [2.75, 3.05) is 7.11 Å². The number of hydrogen-bond donors (Lipinski definition) is 1. The Hall–Kier alpha value is -2.55. The van der Waals surface area contributed by atoms with E-state index in [9.17, 15) is 14.7 Å². The highest BCUT2D eigenvalue weighted by Crippen LogP contribution is 2.27. The number of nitrogens with zero attached hydrogens (tertiary/aromatic N) is 2. The van der Waals surface area contributed by atoms with E-state index in [1.165, 1.54) is 7.11 Å². The van der Waals surface area contributed by atoms with E-state index in [2.05, 4.69) is 4.98 Å². The summed E-state index contributed by atoms with van der Waals surface area (Å²) in [6, 6.07) is 7.39. The zero-order valence-electron chi connectivity index (χ0n) is 16.1. The molecule has 0 radical (unpaired) electrons. The molecule has 1 N–H and O–H groups in total. The molecule has 1 unspecified atom stereocenters. The van der Waals surface area contributed by atoms with Gasteiger partial charge in [0.05, 0.1) is 16.5 Å². The Morgan fingerprint density at radius 2 is 2.00 bits per heavy atom. The van der Waals surface area contributed by atoms with Gasteiger partial charge in [0.15, 0.2) is 18.0 Å². The second-order valence-corrected chi connectivity index (χ2v) is 8.19. The third-order valence-corrected chi connectivity index (χ3v) is 5.03. The molecule has 3 rings (SSSR count). The fourth-order valence-corrected chi connectivity index (χ4v) is 3.40. The molecular weight excluding hydrogens is 380 g/mol. The summed E-state index contributed by atoms with van der Waals surface area (Å²) in [6.45, 7) is 5.36. The summed E-state index contributed by atoms with van der Waals surface area (Å²) >= 11 is 1.14. The number of carbonyl (C=O) groups is 2. The highest BCUT2D eigenvalue weighted by Gasteiger charge is 2.24. The standard InChI is InChI=1S/C20H22N2O5S/c1-20(2,3)19(25)27-11-22-9-13(12-7-5-6-8-15(12)22)16(23)17-21-14(10-28-17)18(24)26-4/h5-10,18,24H,11H2,1-4H3. The summed E-state index contributed by atoms with van der Waals surface area (Å²) in [5.41, 5.74) is 0.913. The summed E-state index contributed by atoms with van der Waals surface area (Å²) in [4.78, 5) is 29.3. The molecule has 0 bridgehead atoms. The van der Waals surface area contributed by atoms with Crippen LogP contribution in [0.4, 0.5) is 0 Å². The van der Waals surface area contributed by atoms with Crippen molar-refractivity contribution >= 4 is 34.0 Å². The van der Waals surface area contributed by atoms with Gasteiger partial charge in [0.1, 0.15) is 5.69 Å². The number of ketones is 1. The van der Waals surface area contributed by atoms with E-state index in [-0.39, 0.29) is 23.5 Å². The van der Waals surface area contributed by atoms with Crippen molar-refractivity contribution in [1.29, 1.82) is 0 Å². The van der Waals surface area contributed by atoms with Crippen LogP contribution in [0.15, 0.2) is 35.8 Å². The number of aromatic nitrogens is 2. The Morgan fingerprint density at radius 3 is 2.68 bits per heavy atom. The number of hydrogen-bond acceptors (Lipinski definition) is 7. The van der Waals surface area contributed by atoms with Gasteiger partial charge in [0.25, 0.3) is 0 Å². The van der Waals surface area contributed by atoms with Gasteiger partial charge >= 0.3 is 5.97 Å². The van der Waals surface area contributed by atoms with Crippen LogP contribution in [0.2, 0.25) is 0 Å². The normalized spacial score (nSPS) is 12.9. The van der Waals surface area contributed by atoms with Crippen LogP contribution in [-0.2, 0) is 21.0 Å². The van der Waals surface area contributed by atoms with Crippen LogP contribution < -0.4 is 0 Å². The number of aliphatic hydroxyl groups is 1. The van der Waals surface area contributed by atoms with Gasteiger partial charge in [-0.2, -0.15) is 0 Å². The van der Waals surface area contributed by atoms with E-state index < -0.39 is 11.7 Å². The van der Waals surface area contributed by atoms with Crippen LogP contribution >= 0.6 is 11.3 Å². The monoisotopic (exact) mass is 402 g/mol. The van der Waals surface area contributed by atoms with Crippen molar-refractivity contribution in [2.45, 2.75) is 33.8 Å². The van der Waals surface area contributed by atoms with Crippen LogP contribution in [-0.4, -0.2) is 33.5 Å². The number of ether oxygens (including phenoxy) is 2. The number of esters is 1. The van der Waals surface area contributed by atoms with Crippen LogP contribution in [0.25, 0.3) is 10.9 Å². The van der Waals surface area contributed by atoms with Gasteiger partial charge in [0.2, 0.25) is 5.78 Å². The fourth-order valence-electron chi connectivity index (χ4n) is 2.62. The number of thiazole rings is 1. The van der Waals surface area contributed by atoms with Gasteiger partial charge in [-0.05, 0) is 26.8 Å². The lowest BCUT2D eigenvalue weighted by atomic mass is 9.98. The molecule has 0 amide bonds. The lowest BCUT2D eigenvalue weighted by Crippen LogP contribution is -2.23. The summed E-state index contributed by atoms with van der Waals surface area (Å²) in [5, 5.41) is 12.3. The van der Waals surface area contributed by atoms with Crippen molar-refractivity contribution in [3.63, 3.8) is 0 Å². The Kier molecular flexibility index (Phi) is 5.64. The molecule has 0 aliphatic rings. The van der Waals surface area contributed by atoms with E-state index in [1.807, 2.05) is 24.3 Å². The van der Waals surface area contributed by atoms with Crippen molar-refractivity contribution in [2.24, 2.45) is 5.41 Å². The maximum Gasteiger partial charge on any atom is 0.312 e. The second-order valence-electron chi connectivity index (χ2n) is 7.34. The number of carbonyl (C=O) groups excluding carboxylic acids is 2. The van der Waals surface area contributed by atoms with Crippen molar-refractivity contribution in [3.05, 3.63) is 52.1 Å². The SMILES string of the molecule is COC(O)c1csc(C(=O)c2cn(COC(=O)C(C)(C)C)c3ccccc23)n1. The maximum absolute atomic E-state index is 13.0. The highest BCUT2D eigenvalue weighted by molar-refractivity contribution is 7.12. The van der Waals surface area contributed by atoms with Gasteiger partial charge in [-0.3, -0.25) is 9.59 Å². The fraction of sp³-hybridized carbons (Fsp3) is 0.350. The molecule has 2 aromatic heterocycles. The number of fused-ring (bicyclic) bond motifs is 1. The van der Waals surface area contributed by atoms with Crippen LogP contribution in [0, 0.1) is 5.41 Å². The highest BCUT2D eigenvalue weighted by atomic mass is 32.1. The summed E-state index contributed by atoms with van der Waals surface area (Å²) < 4.78 is 12.0. The number of rotatable bonds is 6. The third kappa shape index (κ3) is 3.99. The van der Waals surface area contributed by atoms with Crippen LogP contribution in [0.3, 0.4) is 0 Å². The lowest BCUT2D eigenvalue weighted by Gasteiger charge is -2.17. The first-order valence-corrected chi connectivity index (χ1v) is 9.56. The minimum Gasteiger partial charge on any atom is -0.443 e. The molecule has 0 aliphatic heterocycles. The topological polar surface area (TPSA) is 90.6 Å². The molecule has 28 heavy (non-hydrogen) atoms. The minimum atomic E-state index is -1.17. The molecular formula is C20H22N2O5S. The molecule has 0 saturated carbocycles. The number of aliphatic hydroxyl groups excluding tert-OH is 1. The first-order chi connectivity index (χ1) is 13.2. The van der Waals surface area contributed by atoms with Crippen molar-refractivity contribution < 1.29 is 24.2 Å². The van der Waals surface area contributed by atoms with Gasteiger partial charge < -0.3 is 19.1 Å². The van der Waals surface area contributed by atoms with E-state index in [1.54, 1.807) is 36.9 Å². The largest absolute Gasteiger partial charge is 0.443 e. The average molecular weight is 402 g/mol. The Labute approximate surface area is 166 Å². The average Bonchev–Trinajstić information content (AvgIpc) is 3.29. The molecule has 0 aliphatic carbocycles. The van der Waals surface area contributed by atoms with E-state index >= 15 is 0 Å². The van der Waals surface area contributed by atoms with Gasteiger partial charge in [-0.15, -0.1) is 11.3 Å². The third-order valence-electron chi connectivity index (χ3n) is 4.17. The number of benzene rings is 1. The van der Waals surface area contributed by atoms with E-state index in [0.717, 1.165) is 22.2 Å². The molecule has 0 spiro atoms. The van der Waals surface area contributed by atoms with Gasteiger partial charge in [0, 0.05) is 24.1 Å². The minimum absolute atomic E-state index is 0.00933. The maximum atomic E-state index is 13.0. The summed E-state index contributed by atoms with van der Waals surface area (Å²) in [6.07, 6.45) is 0.493. The van der Waals surface area contributed by atoms with Crippen LogP contribution in [0.1, 0.15) is 48.1 Å². The molecule has 0 fully saturated rings. The summed E-state index contributed by atoms with van der Waals surface area (Å²) in [7, 11) is 1.36. The predicted molar refractivity (Wildman–Crippen MR) is 105 cm³/mol. The quantitative estimate of drug-likeness (QED) is 0.385. The molecule has 148 valence electrons. The Morgan fingerprint density at radius 1 is 1.29 bits per heavy atom. The zero-order chi connectivity index (χ0) is 20.5. The molecule has 8 heteroatoms. The van der Waals surface area contributed by atoms with E-state index in [4.69, 9.17) is 9.47 Å². The lowest BCUT2D eigenvalue weighted by molar-refractivity contribution is -0.156. The molecule has 3 aromatic rings. The molecule has 0 saturated heterocycles. The Balaban J connectivity index is 1.92. The smallest absolute Gasteiger partial charge is 0.312 e. The van der Waals surface area contributed by atoms with Gasteiger partial charge in [-0.1, -0.05) is 18.2 Å². The van der Waals surface area contributed by atoms with Gasteiger partial charge in [-0.25, -0.2) is 4.98 Å². The first-order valence-electron chi connectivity index (χ1n) is 8.68. The van der Waals surface area contributed by atoms with Crippen molar-refractivity contribution in [3.8, 4) is 0 Å².